The first kappa shape index (κ1) is 39.9. The van der Waals surface area contributed by atoms with Gasteiger partial charge in [-0.15, -0.1) is 5.10 Å². The fourth-order valence-electron chi connectivity index (χ4n) is 6.73. The Labute approximate surface area is 334 Å². The van der Waals surface area contributed by atoms with Crippen molar-refractivity contribution < 1.29 is 32.3 Å². The number of hydrogen-bond donors (Lipinski definition) is 1. The normalized spacial score (nSPS) is 14.6. The minimum atomic E-state index is -4.63. The number of nitrogens with one attached hydrogen (secondary N) is 1. The summed E-state index contributed by atoms with van der Waals surface area (Å²) in [6, 6.07) is 12.1. The highest BCUT2D eigenvalue weighted by Crippen LogP contribution is 2.34. The zero-order valence-corrected chi connectivity index (χ0v) is 32.3. The first-order valence-corrected chi connectivity index (χ1v) is 18.9. The Morgan fingerprint density at radius 3 is 2.38 bits per heavy atom. The summed E-state index contributed by atoms with van der Waals surface area (Å²) in [5, 5.41) is 6.64. The SMILES string of the molecule is CCc1c(N2CCN(C(=O)c3ncnc(C)c3OCc3ccccc3)CC2)c(=O)n2nc(/C=C/C(=O)N3CCC3)nc2n1CC(=O)Nc1ccc(C(F)(F)F)cc1Cl. The Bertz CT molecular complexity index is 2460. The second-order valence-corrected chi connectivity index (χ2v) is 14.1. The maximum atomic E-state index is 14.3. The summed E-state index contributed by atoms with van der Waals surface area (Å²) in [5.74, 6) is -0.934. The zero-order chi connectivity index (χ0) is 41.1. The fraction of sp³-hybridized carbons (Fsp3) is 0.333. The molecule has 3 amide bonds. The average molecular weight is 819 g/mol. The number of nitrogens with zero attached hydrogens (tertiary/aromatic N) is 9. The number of carbonyl (C=O) groups excluding carboxylic acids is 3. The summed E-state index contributed by atoms with van der Waals surface area (Å²) in [7, 11) is 0. The molecule has 302 valence electrons. The van der Waals surface area contributed by atoms with E-state index in [9.17, 15) is 32.3 Å². The maximum Gasteiger partial charge on any atom is 0.416 e. The van der Waals surface area contributed by atoms with Crippen LogP contribution in [0.15, 0.2) is 65.7 Å². The van der Waals surface area contributed by atoms with Crippen molar-refractivity contribution in [3.8, 4) is 5.75 Å². The monoisotopic (exact) mass is 818 g/mol. The van der Waals surface area contributed by atoms with Gasteiger partial charge in [0.15, 0.2) is 17.3 Å². The number of carbonyl (C=O) groups is 3. The first-order valence-electron chi connectivity index (χ1n) is 18.5. The van der Waals surface area contributed by atoms with E-state index >= 15 is 0 Å². The number of halogens is 4. The third-order valence-corrected chi connectivity index (χ3v) is 10.2. The lowest BCUT2D eigenvalue weighted by Gasteiger charge is -2.36. The van der Waals surface area contributed by atoms with E-state index in [0.29, 0.717) is 24.5 Å². The molecule has 3 aromatic heterocycles. The quantitative estimate of drug-likeness (QED) is 0.186. The van der Waals surface area contributed by atoms with Crippen molar-refractivity contribution in [1.82, 2.24) is 38.9 Å². The second-order valence-electron chi connectivity index (χ2n) is 13.7. The molecule has 0 atom stereocenters. The summed E-state index contributed by atoms with van der Waals surface area (Å²) < 4.78 is 48.4. The van der Waals surface area contributed by atoms with Gasteiger partial charge < -0.3 is 29.3 Å². The van der Waals surface area contributed by atoms with Crippen LogP contribution in [0, 0.1) is 6.92 Å². The van der Waals surface area contributed by atoms with E-state index in [1.54, 1.807) is 23.6 Å². The van der Waals surface area contributed by atoms with Gasteiger partial charge in [0, 0.05) is 45.3 Å². The van der Waals surface area contributed by atoms with E-state index in [1.165, 1.54) is 23.0 Å². The molecule has 5 heterocycles. The van der Waals surface area contributed by atoms with Crippen molar-refractivity contribution in [2.75, 3.05) is 49.5 Å². The van der Waals surface area contributed by atoms with Crippen LogP contribution >= 0.6 is 11.6 Å². The smallest absolute Gasteiger partial charge is 0.416 e. The van der Waals surface area contributed by atoms with Gasteiger partial charge in [0.25, 0.3) is 11.5 Å². The summed E-state index contributed by atoms with van der Waals surface area (Å²) in [6.07, 6.45) is 0.541. The van der Waals surface area contributed by atoms with Crippen molar-refractivity contribution in [2.45, 2.75) is 46.0 Å². The van der Waals surface area contributed by atoms with Crippen LogP contribution in [0.25, 0.3) is 11.9 Å². The van der Waals surface area contributed by atoms with Crippen LogP contribution in [-0.2, 0) is 35.3 Å². The van der Waals surface area contributed by atoms with E-state index in [1.807, 2.05) is 35.2 Å². The Hall–Kier alpha value is -6.30. The number of aryl methyl sites for hydroxylation is 1. The largest absolute Gasteiger partial charge is 0.485 e. The number of aromatic nitrogens is 6. The fourth-order valence-corrected chi connectivity index (χ4v) is 6.96. The molecule has 0 aliphatic carbocycles. The first-order chi connectivity index (χ1) is 27.8. The molecule has 0 bridgehead atoms. The van der Waals surface area contributed by atoms with Gasteiger partial charge in [0.1, 0.15) is 25.2 Å². The highest BCUT2D eigenvalue weighted by Gasteiger charge is 2.32. The van der Waals surface area contributed by atoms with Gasteiger partial charge >= 0.3 is 6.18 Å². The maximum absolute atomic E-state index is 14.3. The lowest BCUT2D eigenvalue weighted by Crippen LogP contribution is -2.51. The lowest BCUT2D eigenvalue weighted by molar-refractivity contribution is -0.137. The number of anilines is 2. The highest BCUT2D eigenvalue weighted by atomic mass is 35.5. The highest BCUT2D eigenvalue weighted by molar-refractivity contribution is 6.33. The number of rotatable bonds is 11. The van der Waals surface area contributed by atoms with Crippen LogP contribution in [-0.4, -0.2) is 95.9 Å². The molecule has 19 heteroatoms. The van der Waals surface area contributed by atoms with Crippen LogP contribution < -0.4 is 20.5 Å². The number of fused-ring (bicyclic) bond motifs is 1. The Morgan fingerprint density at radius 1 is 0.983 bits per heavy atom. The minimum absolute atomic E-state index is 0.00583. The van der Waals surface area contributed by atoms with E-state index in [2.05, 4.69) is 25.4 Å². The number of likely N-dealkylation sites (tertiary alicyclic amines) is 1. The van der Waals surface area contributed by atoms with Gasteiger partial charge in [0.2, 0.25) is 17.6 Å². The molecular formula is C39H38ClF3N10O5. The van der Waals surface area contributed by atoms with Crippen molar-refractivity contribution in [3.05, 3.63) is 110 Å². The lowest BCUT2D eigenvalue weighted by atomic mass is 10.2. The number of hydrogen-bond acceptors (Lipinski definition) is 10. The number of ether oxygens (including phenoxy) is 1. The molecule has 1 N–H and O–H groups in total. The molecule has 0 unspecified atom stereocenters. The van der Waals surface area contributed by atoms with Crippen molar-refractivity contribution in [3.63, 3.8) is 0 Å². The summed E-state index contributed by atoms with van der Waals surface area (Å²) in [6.45, 7) is 5.44. The van der Waals surface area contributed by atoms with Crippen LogP contribution in [0.2, 0.25) is 5.02 Å². The number of benzene rings is 2. The van der Waals surface area contributed by atoms with Crippen molar-refractivity contribution in [2.24, 2.45) is 0 Å². The predicted octanol–water partition coefficient (Wildman–Crippen LogP) is 4.65. The van der Waals surface area contributed by atoms with Crippen molar-refractivity contribution in [1.29, 1.82) is 0 Å². The molecule has 0 radical (unpaired) electrons. The summed E-state index contributed by atoms with van der Waals surface area (Å²) >= 11 is 6.14. The third kappa shape index (κ3) is 8.37. The van der Waals surface area contributed by atoms with E-state index in [-0.39, 0.29) is 90.5 Å². The van der Waals surface area contributed by atoms with Crippen LogP contribution in [0.5, 0.6) is 5.75 Å². The summed E-state index contributed by atoms with van der Waals surface area (Å²) in [5.41, 5.74) is 0.631. The molecule has 5 aromatic rings. The summed E-state index contributed by atoms with van der Waals surface area (Å²) in [4.78, 5) is 72.4. The number of piperazine rings is 1. The molecule has 0 saturated carbocycles. The van der Waals surface area contributed by atoms with Crippen LogP contribution in [0.1, 0.15) is 52.2 Å². The topological polar surface area (TPSA) is 160 Å². The van der Waals surface area contributed by atoms with Crippen molar-refractivity contribution >= 4 is 52.6 Å². The van der Waals surface area contributed by atoms with E-state index in [4.69, 9.17) is 16.3 Å². The molecular weight excluding hydrogens is 781 g/mol. The van der Waals surface area contributed by atoms with Gasteiger partial charge in [-0.2, -0.15) is 22.7 Å². The molecule has 2 fully saturated rings. The van der Waals surface area contributed by atoms with Crippen LogP contribution in [0.3, 0.4) is 0 Å². The molecule has 58 heavy (non-hydrogen) atoms. The molecule has 2 aliphatic heterocycles. The van der Waals surface area contributed by atoms with Gasteiger partial charge in [-0.05, 0) is 49.6 Å². The standard InChI is InChI=1S/C39H38ClF3N10O5/c1-3-29-34(50-16-18-51(19-17-50)36(56)33-35(24(2)44-23-45-33)58-22-25-8-5-4-6-9-25)37(57)53-38(47-30(48-53)12-13-32(55)49-14-7-15-49)52(29)21-31(54)46-28-11-10-26(20-27(28)40)39(41,42)43/h4-6,8-13,20,23H,3,7,14-19,21-22H2,1-2H3,(H,46,54)/b13-12+. The molecule has 2 saturated heterocycles. The van der Waals surface area contributed by atoms with Gasteiger partial charge in [0.05, 0.1) is 27.7 Å². The zero-order valence-electron chi connectivity index (χ0n) is 31.5. The van der Waals surface area contributed by atoms with Crippen LogP contribution in [0.4, 0.5) is 24.5 Å². The van der Waals surface area contributed by atoms with E-state index in [0.717, 1.165) is 34.7 Å². The Kier molecular flexibility index (Phi) is 11.5. The van der Waals surface area contributed by atoms with E-state index < -0.39 is 29.8 Å². The Balaban J connectivity index is 1.17. The van der Waals surface area contributed by atoms with Gasteiger partial charge in [-0.1, -0.05) is 48.9 Å². The van der Waals surface area contributed by atoms with Gasteiger partial charge in [-0.3, -0.25) is 19.2 Å². The number of amides is 3. The molecule has 2 aliphatic rings. The third-order valence-electron chi connectivity index (χ3n) is 9.89. The predicted molar refractivity (Wildman–Crippen MR) is 208 cm³/mol. The molecule has 7 rings (SSSR count). The molecule has 15 nitrogen and oxygen atoms in total. The van der Waals surface area contributed by atoms with Gasteiger partial charge in [-0.25, -0.2) is 9.97 Å². The molecule has 2 aromatic carbocycles. The average Bonchev–Trinajstić information content (AvgIpc) is 3.62. The second kappa shape index (κ2) is 16.7. The molecule has 0 spiro atoms. The number of alkyl halides is 3. The Morgan fingerprint density at radius 2 is 1.72 bits per heavy atom. The minimum Gasteiger partial charge on any atom is -0.485 e.